The first-order valence-corrected chi connectivity index (χ1v) is 5.19. The average molecular weight is 208 g/mol. The van der Waals surface area contributed by atoms with Gasteiger partial charge in [0.05, 0.1) is 0 Å². The fraction of sp³-hybridized carbons (Fsp3) is 0.636. The lowest BCUT2D eigenvalue weighted by atomic mass is 9.94. The topological polar surface area (TPSA) is 63.8 Å². The molecule has 1 aromatic heterocycles. The summed E-state index contributed by atoms with van der Waals surface area (Å²) < 4.78 is 0. The highest BCUT2D eigenvalue weighted by Gasteiger charge is 2.15. The van der Waals surface area contributed by atoms with Crippen molar-refractivity contribution in [1.82, 2.24) is 9.97 Å². The lowest BCUT2D eigenvalue weighted by Crippen LogP contribution is -2.31. The van der Waals surface area contributed by atoms with Crippen molar-refractivity contribution < 1.29 is 0 Å². The van der Waals surface area contributed by atoms with Crippen LogP contribution in [0.15, 0.2) is 6.07 Å². The second kappa shape index (κ2) is 4.57. The van der Waals surface area contributed by atoms with Crippen molar-refractivity contribution in [2.45, 2.75) is 27.7 Å². The Morgan fingerprint density at radius 2 is 2.00 bits per heavy atom. The predicted molar refractivity (Wildman–Crippen MR) is 62.8 cm³/mol. The molecule has 0 saturated heterocycles. The number of hydrogen-bond donors (Lipinski definition) is 2. The fourth-order valence-corrected chi connectivity index (χ4v) is 1.21. The van der Waals surface area contributed by atoms with Crippen LogP contribution < -0.4 is 11.1 Å². The summed E-state index contributed by atoms with van der Waals surface area (Å²) in [6.07, 6.45) is 0. The Labute approximate surface area is 91.3 Å². The second-order valence-electron chi connectivity index (χ2n) is 4.66. The van der Waals surface area contributed by atoms with Gasteiger partial charge in [0.1, 0.15) is 11.6 Å². The Hall–Kier alpha value is -1.16. The minimum atomic E-state index is 0.0900. The average Bonchev–Trinajstić information content (AvgIpc) is 2.14. The number of rotatable bonds is 4. The minimum absolute atomic E-state index is 0.0900. The zero-order valence-corrected chi connectivity index (χ0v) is 9.96. The predicted octanol–water partition coefficient (Wildman–Crippen LogP) is 1.49. The van der Waals surface area contributed by atoms with Crippen molar-refractivity contribution in [2.75, 3.05) is 18.4 Å². The molecule has 0 radical (unpaired) electrons. The zero-order valence-electron chi connectivity index (χ0n) is 9.96. The van der Waals surface area contributed by atoms with Gasteiger partial charge in [-0.15, -0.1) is 0 Å². The van der Waals surface area contributed by atoms with Gasteiger partial charge in [0, 0.05) is 18.3 Å². The van der Waals surface area contributed by atoms with E-state index in [0.717, 1.165) is 23.9 Å². The van der Waals surface area contributed by atoms with Crippen molar-refractivity contribution >= 4 is 5.82 Å². The number of anilines is 1. The lowest BCUT2D eigenvalue weighted by molar-refractivity contribution is 0.405. The number of nitrogens with zero attached hydrogens (tertiary/aromatic N) is 2. The van der Waals surface area contributed by atoms with Crippen LogP contribution in [0.5, 0.6) is 0 Å². The van der Waals surface area contributed by atoms with Gasteiger partial charge < -0.3 is 11.1 Å². The minimum Gasteiger partial charge on any atom is -0.369 e. The normalized spacial score (nSPS) is 11.5. The highest BCUT2D eigenvalue weighted by molar-refractivity contribution is 5.35. The molecule has 1 heterocycles. The Bertz CT molecular complexity index is 313. The molecule has 0 aliphatic rings. The highest BCUT2D eigenvalue weighted by atomic mass is 15.0. The van der Waals surface area contributed by atoms with Crippen LogP contribution in [0.2, 0.25) is 0 Å². The Kier molecular flexibility index (Phi) is 3.63. The second-order valence-corrected chi connectivity index (χ2v) is 4.66. The number of nitrogens with one attached hydrogen (secondary N) is 1. The summed E-state index contributed by atoms with van der Waals surface area (Å²) in [6, 6.07) is 1.94. The van der Waals surface area contributed by atoms with Crippen molar-refractivity contribution in [1.29, 1.82) is 0 Å². The van der Waals surface area contributed by atoms with E-state index in [9.17, 15) is 0 Å². The molecule has 0 spiro atoms. The molecule has 0 amide bonds. The summed E-state index contributed by atoms with van der Waals surface area (Å²) in [5.41, 5.74) is 6.73. The van der Waals surface area contributed by atoms with Gasteiger partial charge in [0.2, 0.25) is 0 Å². The van der Waals surface area contributed by atoms with Crippen LogP contribution in [-0.4, -0.2) is 23.1 Å². The van der Waals surface area contributed by atoms with Crippen LogP contribution in [0.1, 0.15) is 25.4 Å². The third kappa shape index (κ3) is 3.83. The molecule has 4 nitrogen and oxygen atoms in total. The molecule has 0 unspecified atom stereocenters. The molecule has 15 heavy (non-hydrogen) atoms. The first-order valence-electron chi connectivity index (χ1n) is 5.19. The van der Waals surface area contributed by atoms with E-state index in [1.165, 1.54) is 0 Å². The molecular formula is C11H20N4. The van der Waals surface area contributed by atoms with Crippen LogP contribution in [0, 0.1) is 19.3 Å². The van der Waals surface area contributed by atoms with E-state index in [1.54, 1.807) is 0 Å². The van der Waals surface area contributed by atoms with Gasteiger partial charge in [-0.25, -0.2) is 9.97 Å². The fourth-order valence-electron chi connectivity index (χ4n) is 1.21. The quantitative estimate of drug-likeness (QED) is 0.787. The number of nitrogens with two attached hydrogens (primary N) is 1. The Morgan fingerprint density at radius 3 is 2.53 bits per heavy atom. The molecule has 0 aromatic carbocycles. The molecule has 0 atom stereocenters. The van der Waals surface area contributed by atoms with Gasteiger partial charge in [-0.05, 0) is 25.8 Å². The summed E-state index contributed by atoms with van der Waals surface area (Å²) in [4.78, 5) is 8.53. The first kappa shape index (κ1) is 11.9. The largest absolute Gasteiger partial charge is 0.369 e. The molecule has 0 aliphatic heterocycles. The number of aryl methyl sites for hydroxylation is 2. The third-order valence-electron chi connectivity index (χ3n) is 2.27. The first-order chi connectivity index (χ1) is 6.93. The van der Waals surface area contributed by atoms with Gasteiger partial charge in [-0.2, -0.15) is 0 Å². The van der Waals surface area contributed by atoms with Crippen molar-refractivity contribution in [3.8, 4) is 0 Å². The highest BCUT2D eigenvalue weighted by Crippen LogP contribution is 2.14. The number of aromatic nitrogens is 2. The van der Waals surface area contributed by atoms with E-state index in [-0.39, 0.29) is 5.41 Å². The summed E-state index contributed by atoms with van der Waals surface area (Å²) in [6.45, 7) is 9.59. The van der Waals surface area contributed by atoms with Gasteiger partial charge in [0.15, 0.2) is 0 Å². The van der Waals surface area contributed by atoms with E-state index < -0.39 is 0 Å². The van der Waals surface area contributed by atoms with Crippen molar-refractivity contribution in [3.05, 3.63) is 17.6 Å². The standard InChI is InChI=1S/C11H20N4/c1-8-5-10(15-9(2)14-8)13-7-11(3,4)6-12/h5H,6-7,12H2,1-4H3,(H,13,14,15). The maximum absolute atomic E-state index is 5.66. The van der Waals surface area contributed by atoms with Crippen LogP contribution in [0.3, 0.4) is 0 Å². The lowest BCUT2D eigenvalue weighted by Gasteiger charge is -2.23. The monoisotopic (exact) mass is 208 g/mol. The van der Waals surface area contributed by atoms with Gasteiger partial charge in [0.25, 0.3) is 0 Å². The molecule has 84 valence electrons. The molecule has 0 saturated carbocycles. The molecule has 1 aromatic rings. The van der Waals surface area contributed by atoms with E-state index >= 15 is 0 Å². The van der Waals surface area contributed by atoms with Crippen LogP contribution in [0.25, 0.3) is 0 Å². The van der Waals surface area contributed by atoms with Crippen LogP contribution in [0.4, 0.5) is 5.82 Å². The van der Waals surface area contributed by atoms with Crippen molar-refractivity contribution in [2.24, 2.45) is 11.1 Å². The molecule has 0 fully saturated rings. The molecule has 0 aliphatic carbocycles. The smallest absolute Gasteiger partial charge is 0.129 e. The van der Waals surface area contributed by atoms with Crippen LogP contribution in [-0.2, 0) is 0 Å². The molecular weight excluding hydrogens is 188 g/mol. The molecule has 1 rings (SSSR count). The summed E-state index contributed by atoms with van der Waals surface area (Å²) in [5, 5.41) is 3.29. The van der Waals surface area contributed by atoms with Gasteiger partial charge in [-0.3, -0.25) is 0 Å². The summed E-state index contributed by atoms with van der Waals surface area (Å²) in [5.74, 6) is 1.67. The Balaban J connectivity index is 2.65. The van der Waals surface area contributed by atoms with Crippen molar-refractivity contribution in [3.63, 3.8) is 0 Å². The van der Waals surface area contributed by atoms with Crippen LogP contribution >= 0.6 is 0 Å². The van der Waals surface area contributed by atoms with E-state index in [4.69, 9.17) is 5.73 Å². The van der Waals surface area contributed by atoms with E-state index in [1.807, 2.05) is 19.9 Å². The van der Waals surface area contributed by atoms with Gasteiger partial charge >= 0.3 is 0 Å². The maximum atomic E-state index is 5.66. The summed E-state index contributed by atoms with van der Waals surface area (Å²) >= 11 is 0. The van der Waals surface area contributed by atoms with E-state index in [2.05, 4.69) is 29.1 Å². The summed E-state index contributed by atoms with van der Waals surface area (Å²) in [7, 11) is 0. The molecule has 4 heteroatoms. The number of hydrogen-bond acceptors (Lipinski definition) is 4. The maximum Gasteiger partial charge on any atom is 0.129 e. The van der Waals surface area contributed by atoms with Gasteiger partial charge in [-0.1, -0.05) is 13.8 Å². The molecule has 0 bridgehead atoms. The van der Waals surface area contributed by atoms with E-state index in [0.29, 0.717) is 6.54 Å². The SMILES string of the molecule is Cc1cc(NCC(C)(C)CN)nc(C)n1. The molecule has 3 N–H and O–H groups in total. The Morgan fingerprint density at radius 1 is 1.33 bits per heavy atom. The third-order valence-corrected chi connectivity index (χ3v) is 2.27. The zero-order chi connectivity index (χ0) is 11.5.